The van der Waals surface area contributed by atoms with Crippen LogP contribution in [-0.4, -0.2) is 37.7 Å². The molecule has 1 unspecified atom stereocenters. The van der Waals surface area contributed by atoms with Gasteiger partial charge in [0, 0.05) is 24.6 Å². The summed E-state index contributed by atoms with van der Waals surface area (Å²) in [5.41, 5.74) is 0.855. The maximum atomic E-state index is 12.1. The normalized spacial score (nSPS) is 16.4. The highest BCUT2D eigenvalue weighted by Crippen LogP contribution is 2.22. The van der Waals surface area contributed by atoms with Gasteiger partial charge >= 0.3 is 0 Å². The molecule has 0 saturated heterocycles. The van der Waals surface area contributed by atoms with E-state index in [1.807, 2.05) is 20.0 Å². The quantitative estimate of drug-likeness (QED) is 0.744. The van der Waals surface area contributed by atoms with Crippen LogP contribution >= 0.6 is 0 Å². The molecular weight excluding hydrogens is 340 g/mol. The van der Waals surface area contributed by atoms with E-state index in [9.17, 15) is 8.42 Å². The number of hydrogen-bond acceptors (Lipinski definition) is 6. The predicted octanol–water partition coefficient (Wildman–Crippen LogP) is 1.83. The van der Waals surface area contributed by atoms with Crippen molar-refractivity contribution in [1.29, 1.82) is 0 Å². The van der Waals surface area contributed by atoms with Gasteiger partial charge in [-0.15, -0.1) is 0 Å². The SMILES string of the molecule is CNC(C)Cc1noc(/C=C/c2ccc(S(=O)(=O)NC3CC3)cc2)n1. The minimum absolute atomic E-state index is 0.0990. The van der Waals surface area contributed by atoms with Crippen molar-refractivity contribution in [3.05, 3.63) is 41.5 Å². The summed E-state index contributed by atoms with van der Waals surface area (Å²) in [5, 5.41) is 7.05. The zero-order valence-corrected chi connectivity index (χ0v) is 15.1. The number of aromatic nitrogens is 2. The Bertz CT molecular complexity index is 839. The summed E-state index contributed by atoms with van der Waals surface area (Å²) < 4.78 is 32.1. The van der Waals surface area contributed by atoms with Gasteiger partial charge in [0.05, 0.1) is 4.90 Å². The fraction of sp³-hybridized carbons (Fsp3) is 0.412. The van der Waals surface area contributed by atoms with Crippen LogP contribution in [0.25, 0.3) is 12.2 Å². The molecule has 0 aliphatic heterocycles. The number of rotatable bonds is 8. The van der Waals surface area contributed by atoms with Crippen LogP contribution in [0.1, 0.15) is 37.0 Å². The van der Waals surface area contributed by atoms with E-state index in [0.29, 0.717) is 18.1 Å². The lowest BCUT2D eigenvalue weighted by Crippen LogP contribution is -2.25. The Morgan fingerprint density at radius 1 is 1.28 bits per heavy atom. The van der Waals surface area contributed by atoms with E-state index in [1.54, 1.807) is 30.3 Å². The summed E-state index contributed by atoms with van der Waals surface area (Å²) in [6.07, 6.45) is 6.04. The topological polar surface area (TPSA) is 97.1 Å². The minimum Gasteiger partial charge on any atom is -0.335 e. The Kier molecular flexibility index (Phi) is 5.31. The summed E-state index contributed by atoms with van der Waals surface area (Å²) in [6, 6.07) is 7.06. The Labute approximate surface area is 147 Å². The Morgan fingerprint density at radius 3 is 2.64 bits per heavy atom. The van der Waals surface area contributed by atoms with Gasteiger partial charge in [0.1, 0.15) is 0 Å². The van der Waals surface area contributed by atoms with E-state index in [4.69, 9.17) is 4.52 Å². The van der Waals surface area contributed by atoms with Crippen molar-refractivity contribution in [3.63, 3.8) is 0 Å². The fourth-order valence-corrected chi connectivity index (χ4v) is 3.51. The van der Waals surface area contributed by atoms with Crippen molar-refractivity contribution in [2.24, 2.45) is 0 Å². The molecule has 1 aromatic carbocycles. The van der Waals surface area contributed by atoms with Crippen molar-refractivity contribution in [3.8, 4) is 0 Å². The van der Waals surface area contributed by atoms with Gasteiger partial charge in [-0.2, -0.15) is 4.98 Å². The van der Waals surface area contributed by atoms with Crippen LogP contribution in [-0.2, 0) is 16.4 Å². The molecule has 1 aliphatic rings. The first-order valence-electron chi connectivity index (χ1n) is 8.26. The van der Waals surface area contributed by atoms with E-state index in [-0.39, 0.29) is 17.0 Å². The first-order chi connectivity index (χ1) is 12.0. The molecule has 3 rings (SSSR count). The molecule has 0 spiro atoms. The molecule has 1 atom stereocenters. The molecule has 2 N–H and O–H groups in total. The van der Waals surface area contributed by atoms with E-state index in [0.717, 1.165) is 18.4 Å². The van der Waals surface area contributed by atoms with Gasteiger partial charge in [-0.1, -0.05) is 17.3 Å². The van der Waals surface area contributed by atoms with Gasteiger partial charge in [-0.05, 0) is 50.6 Å². The smallest absolute Gasteiger partial charge is 0.250 e. The van der Waals surface area contributed by atoms with Crippen molar-refractivity contribution in [2.75, 3.05) is 7.05 Å². The molecule has 1 fully saturated rings. The Hall–Kier alpha value is -2.03. The van der Waals surface area contributed by atoms with Crippen molar-refractivity contribution in [2.45, 2.75) is 43.2 Å². The highest BCUT2D eigenvalue weighted by atomic mass is 32.2. The molecule has 0 amide bonds. The Morgan fingerprint density at radius 2 is 2.00 bits per heavy atom. The second kappa shape index (κ2) is 7.47. The number of likely N-dealkylation sites (N-methyl/N-ethyl adjacent to an activating group) is 1. The van der Waals surface area contributed by atoms with Gasteiger partial charge in [-0.25, -0.2) is 13.1 Å². The number of sulfonamides is 1. The van der Waals surface area contributed by atoms with Crippen LogP contribution in [0, 0.1) is 0 Å². The molecule has 2 aromatic rings. The summed E-state index contributed by atoms with van der Waals surface area (Å²) in [5.74, 6) is 1.07. The molecule has 1 aromatic heterocycles. The molecule has 1 aliphatic carbocycles. The fourth-order valence-electron chi connectivity index (χ4n) is 2.21. The summed E-state index contributed by atoms with van der Waals surface area (Å²) in [4.78, 5) is 4.57. The molecule has 0 radical (unpaired) electrons. The van der Waals surface area contributed by atoms with E-state index in [2.05, 4.69) is 20.2 Å². The lowest BCUT2D eigenvalue weighted by molar-refractivity contribution is 0.400. The second-order valence-electron chi connectivity index (χ2n) is 6.24. The third kappa shape index (κ3) is 4.97. The molecular formula is C17H22N4O3S. The first-order valence-corrected chi connectivity index (χ1v) is 9.75. The molecule has 7 nitrogen and oxygen atoms in total. The van der Waals surface area contributed by atoms with Gasteiger partial charge in [-0.3, -0.25) is 0 Å². The molecule has 8 heteroatoms. The lowest BCUT2D eigenvalue weighted by atomic mass is 10.2. The van der Waals surface area contributed by atoms with E-state index in [1.165, 1.54) is 0 Å². The predicted molar refractivity (Wildman–Crippen MR) is 95.2 cm³/mol. The van der Waals surface area contributed by atoms with Crippen LogP contribution in [0.5, 0.6) is 0 Å². The molecule has 134 valence electrons. The summed E-state index contributed by atoms with van der Waals surface area (Å²) in [6.45, 7) is 2.04. The van der Waals surface area contributed by atoms with Gasteiger partial charge < -0.3 is 9.84 Å². The molecule has 25 heavy (non-hydrogen) atoms. The van der Waals surface area contributed by atoms with Gasteiger partial charge in [0.2, 0.25) is 10.0 Å². The lowest BCUT2D eigenvalue weighted by Gasteiger charge is -2.05. The van der Waals surface area contributed by atoms with Gasteiger partial charge in [0.15, 0.2) is 5.82 Å². The van der Waals surface area contributed by atoms with Gasteiger partial charge in [0.25, 0.3) is 5.89 Å². The van der Waals surface area contributed by atoms with Crippen molar-refractivity contribution in [1.82, 2.24) is 20.2 Å². The highest BCUT2D eigenvalue weighted by molar-refractivity contribution is 7.89. The first kappa shape index (κ1) is 17.8. The second-order valence-corrected chi connectivity index (χ2v) is 7.95. The monoisotopic (exact) mass is 362 g/mol. The van der Waals surface area contributed by atoms with Crippen LogP contribution in [0.3, 0.4) is 0 Å². The zero-order chi connectivity index (χ0) is 17.9. The highest BCUT2D eigenvalue weighted by Gasteiger charge is 2.27. The van der Waals surface area contributed by atoms with E-state index < -0.39 is 10.0 Å². The third-order valence-electron chi connectivity index (χ3n) is 3.97. The standard InChI is InChI=1S/C17H22N4O3S/c1-12(18-2)11-16-19-17(24-20-16)10-5-13-3-8-15(9-4-13)25(22,23)21-14-6-7-14/h3-5,8-10,12,14,18,21H,6-7,11H2,1-2H3/b10-5+. The summed E-state index contributed by atoms with van der Waals surface area (Å²) in [7, 11) is -1.53. The van der Waals surface area contributed by atoms with Crippen LogP contribution in [0.15, 0.2) is 33.7 Å². The number of nitrogens with zero attached hydrogens (tertiary/aromatic N) is 2. The average Bonchev–Trinajstić information content (AvgIpc) is 3.29. The Balaban J connectivity index is 1.64. The maximum absolute atomic E-state index is 12.1. The number of nitrogens with one attached hydrogen (secondary N) is 2. The van der Waals surface area contributed by atoms with Crippen LogP contribution < -0.4 is 10.0 Å². The average molecular weight is 362 g/mol. The molecule has 1 saturated carbocycles. The van der Waals surface area contributed by atoms with E-state index >= 15 is 0 Å². The van der Waals surface area contributed by atoms with Crippen molar-refractivity contribution >= 4 is 22.2 Å². The van der Waals surface area contributed by atoms with Crippen LogP contribution in [0.4, 0.5) is 0 Å². The largest absolute Gasteiger partial charge is 0.335 e. The summed E-state index contributed by atoms with van der Waals surface area (Å²) >= 11 is 0. The minimum atomic E-state index is -3.41. The maximum Gasteiger partial charge on any atom is 0.250 e. The molecule has 1 heterocycles. The molecule has 0 bridgehead atoms. The number of hydrogen-bond donors (Lipinski definition) is 2. The van der Waals surface area contributed by atoms with Crippen molar-refractivity contribution < 1.29 is 12.9 Å². The zero-order valence-electron chi connectivity index (χ0n) is 14.3. The van der Waals surface area contributed by atoms with Crippen LogP contribution in [0.2, 0.25) is 0 Å². The third-order valence-corrected chi connectivity index (χ3v) is 5.51. The number of benzene rings is 1.